The molecule has 7 heteroatoms. The molecule has 4 aromatic rings. The average Bonchev–Trinajstić information content (AvgIpc) is 3.40. The van der Waals surface area contributed by atoms with Crippen LogP contribution >= 0.6 is 11.3 Å². The molecule has 1 saturated heterocycles. The molecule has 35 heavy (non-hydrogen) atoms. The van der Waals surface area contributed by atoms with Crippen LogP contribution in [0.25, 0.3) is 21.0 Å². The van der Waals surface area contributed by atoms with E-state index in [1.54, 1.807) is 24.6 Å². The molecule has 0 aliphatic carbocycles. The third kappa shape index (κ3) is 5.11. The van der Waals surface area contributed by atoms with E-state index in [4.69, 9.17) is 9.47 Å². The van der Waals surface area contributed by atoms with Crippen LogP contribution < -0.4 is 14.8 Å². The Morgan fingerprint density at radius 3 is 2.77 bits per heavy atom. The molecule has 2 aromatic carbocycles. The summed E-state index contributed by atoms with van der Waals surface area (Å²) in [5.74, 6) is 2.21. The number of ether oxygens (including phenoxy) is 2. The predicted molar refractivity (Wildman–Crippen MR) is 144 cm³/mol. The fraction of sp³-hybridized carbons (Fsp3) is 0.357. The molecule has 0 spiro atoms. The van der Waals surface area contributed by atoms with Gasteiger partial charge in [-0.3, -0.25) is 9.78 Å². The second kappa shape index (κ2) is 10.6. The van der Waals surface area contributed by atoms with Crippen molar-refractivity contribution < 1.29 is 14.3 Å². The van der Waals surface area contributed by atoms with E-state index in [-0.39, 0.29) is 13.3 Å². The number of rotatable bonds is 7. The van der Waals surface area contributed by atoms with Crippen molar-refractivity contribution in [2.45, 2.75) is 39.7 Å². The zero-order valence-electron chi connectivity index (χ0n) is 19.8. The van der Waals surface area contributed by atoms with E-state index in [0.29, 0.717) is 12.6 Å². The summed E-state index contributed by atoms with van der Waals surface area (Å²) in [5.41, 5.74) is 1.59. The molecule has 0 radical (unpaired) electrons. The summed E-state index contributed by atoms with van der Waals surface area (Å²) >= 11 is 1.60. The first kappa shape index (κ1) is 24.9. The summed E-state index contributed by atoms with van der Waals surface area (Å²) in [6.45, 7) is 3.84. The van der Waals surface area contributed by atoms with E-state index in [0.717, 1.165) is 55.1 Å². The van der Waals surface area contributed by atoms with Crippen molar-refractivity contribution in [1.29, 1.82) is 0 Å². The van der Waals surface area contributed by atoms with Crippen LogP contribution in [0, 0.1) is 6.92 Å². The maximum Gasteiger partial charge on any atom is 0.252 e. The van der Waals surface area contributed by atoms with E-state index >= 15 is 0 Å². The molecule has 5 rings (SSSR count). The van der Waals surface area contributed by atoms with Crippen molar-refractivity contribution >= 4 is 38.2 Å². The number of aryl methyl sites for hydroxylation is 1. The van der Waals surface area contributed by atoms with Gasteiger partial charge in [0.05, 0.1) is 17.7 Å². The van der Waals surface area contributed by atoms with E-state index in [2.05, 4.69) is 22.2 Å². The SMILES string of the molecule is C.CNC(=O)c1c(C)sc2cc(Oc3ccnc4ccc(OCCC5CCCN5C)cc34)ccc12. The summed E-state index contributed by atoms with van der Waals surface area (Å²) in [6, 6.07) is 14.3. The molecule has 0 saturated carbocycles. The van der Waals surface area contributed by atoms with Gasteiger partial charge in [0.2, 0.25) is 0 Å². The minimum atomic E-state index is -0.0651. The molecular weight excluding hydrogens is 458 g/mol. The van der Waals surface area contributed by atoms with Crippen molar-refractivity contribution in [3.8, 4) is 17.2 Å². The van der Waals surface area contributed by atoms with Gasteiger partial charge in [0.25, 0.3) is 5.91 Å². The standard InChI is InChI=1S/C27H29N3O3S.CH4/c1-17-26(27(31)28-2)21-8-6-20(16-25(21)34-17)33-24-10-12-29-23-9-7-19(15-22(23)24)32-14-11-18-5-4-13-30(18)3;/h6-10,12,15-16,18H,4-5,11,13-14H2,1-3H3,(H,28,31);1H4. The van der Waals surface area contributed by atoms with Crippen molar-refractivity contribution in [2.75, 3.05) is 27.2 Å². The van der Waals surface area contributed by atoms with Crippen LogP contribution in [0.1, 0.15) is 41.9 Å². The molecule has 1 fully saturated rings. The second-order valence-corrected chi connectivity index (χ2v) is 10.0. The molecule has 1 N–H and O–H groups in total. The molecule has 1 unspecified atom stereocenters. The third-order valence-corrected chi connectivity index (χ3v) is 7.65. The van der Waals surface area contributed by atoms with E-state index < -0.39 is 0 Å². The lowest BCUT2D eigenvalue weighted by Gasteiger charge is -2.19. The Balaban J connectivity index is 0.00000289. The Morgan fingerprint density at radius 1 is 1.17 bits per heavy atom. The number of nitrogens with one attached hydrogen (secondary N) is 1. The largest absolute Gasteiger partial charge is 0.494 e. The molecule has 1 amide bonds. The molecule has 1 aliphatic rings. The molecule has 0 bridgehead atoms. The van der Waals surface area contributed by atoms with Gasteiger partial charge in [0.15, 0.2) is 0 Å². The highest BCUT2D eigenvalue weighted by Crippen LogP contribution is 2.36. The van der Waals surface area contributed by atoms with Crippen LogP contribution in [0.5, 0.6) is 17.2 Å². The van der Waals surface area contributed by atoms with Gasteiger partial charge >= 0.3 is 0 Å². The molecule has 1 atom stereocenters. The number of carbonyl (C=O) groups excluding carboxylic acids is 1. The lowest BCUT2D eigenvalue weighted by molar-refractivity contribution is 0.0964. The van der Waals surface area contributed by atoms with Gasteiger partial charge in [0.1, 0.15) is 17.2 Å². The molecule has 1 aliphatic heterocycles. The van der Waals surface area contributed by atoms with Crippen LogP contribution in [-0.4, -0.2) is 49.1 Å². The number of hydrogen-bond donors (Lipinski definition) is 1. The first-order valence-corrected chi connectivity index (χ1v) is 12.5. The first-order chi connectivity index (χ1) is 16.5. The van der Waals surface area contributed by atoms with Gasteiger partial charge in [-0.15, -0.1) is 11.3 Å². The molecular formula is C28H33N3O3S. The van der Waals surface area contributed by atoms with Gasteiger partial charge in [-0.1, -0.05) is 7.43 Å². The normalized spacial score (nSPS) is 15.8. The Labute approximate surface area is 210 Å². The third-order valence-electron chi connectivity index (χ3n) is 6.58. The van der Waals surface area contributed by atoms with Crippen LogP contribution in [0.4, 0.5) is 0 Å². The zero-order chi connectivity index (χ0) is 23.7. The fourth-order valence-corrected chi connectivity index (χ4v) is 5.82. The van der Waals surface area contributed by atoms with E-state index in [1.807, 2.05) is 49.4 Å². The van der Waals surface area contributed by atoms with Crippen LogP contribution in [0.2, 0.25) is 0 Å². The fourth-order valence-electron chi connectivity index (χ4n) is 4.73. The highest BCUT2D eigenvalue weighted by molar-refractivity contribution is 7.19. The highest BCUT2D eigenvalue weighted by atomic mass is 32.1. The highest BCUT2D eigenvalue weighted by Gasteiger charge is 2.20. The minimum absolute atomic E-state index is 0. The monoisotopic (exact) mass is 491 g/mol. The average molecular weight is 492 g/mol. The van der Waals surface area contributed by atoms with Crippen molar-refractivity contribution in [2.24, 2.45) is 0 Å². The zero-order valence-corrected chi connectivity index (χ0v) is 20.6. The Bertz CT molecular complexity index is 1350. The number of likely N-dealkylation sites (tertiary alicyclic amines) is 1. The lowest BCUT2D eigenvalue weighted by Crippen LogP contribution is -2.26. The maximum absolute atomic E-state index is 12.3. The van der Waals surface area contributed by atoms with Crippen molar-refractivity contribution in [3.63, 3.8) is 0 Å². The Morgan fingerprint density at radius 2 is 2.00 bits per heavy atom. The number of nitrogens with zero attached hydrogens (tertiary/aromatic N) is 2. The van der Waals surface area contributed by atoms with Gasteiger partial charge in [-0.25, -0.2) is 0 Å². The molecule has 2 aromatic heterocycles. The number of fused-ring (bicyclic) bond motifs is 2. The summed E-state index contributed by atoms with van der Waals surface area (Å²) < 4.78 is 13.4. The summed E-state index contributed by atoms with van der Waals surface area (Å²) in [7, 11) is 3.85. The topological polar surface area (TPSA) is 63.7 Å². The van der Waals surface area contributed by atoms with Crippen LogP contribution in [0.15, 0.2) is 48.7 Å². The Kier molecular flexibility index (Phi) is 7.57. The van der Waals surface area contributed by atoms with Gasteiger partial charge in [0, 0.05) is 39.6 Å². The maximum atomic E-state index is 12.3. The number of thiophene rings is 1. The number of amides is 1. The summed E-state index contributed by atoms with van der Waals surface area (Å²) in [5, 5.41) is 4.58. The minimum Gasteiger partial charge on any atom is -0.494 e. The number of benzene rings is 2. The smallest absolute Gasteiger partial charge is 0.252 e. The van der Waals surface area contributed by atoms with Gasteiger partial charge in [-0.2, -0.15) is 0 Å². The Hall–Kier alpha value is -3.16. The number of aromatic nitrogens is 1. The number of pyridine rings is 1. The molecule has 6 nitrogen and oxygen atoms in total. The molecule has 3 heterocycles. The predicted octanol–water partition coefficient (Wildman–Crippen LogP) is 6.41. The quantitative estimate of drug-likeness (QED) is 0.324. The van der Waals surface area contributed by atoms with E-state index in [1.165, 1.54) is 19.4 Å². The van der Waals surface area contributed by atoms with Crippen LogP contribution in [0.3, 0.4) is 0 Å². The number of hydrogen-bond acceptors (Lipinski definition) is 6. The summed E-state index contributed by atoms with van der Waals surface area (Å²) in [6.07, 6.45) is 5.31. The second-order valence-electron chi connectivity index (χ2n) is 8.77. The van der Waals surface area contributed by atoms with Gasteiger partial charge in [-0.05, 0) is 82.2 Å². The first-order valence-electron chi connectivity index (χ1n) is 11.7. The van der Waals surface area contributed by atoms with Crippen molar-refractivity contribution in [1.82, 2.24) is 15.2 Å². The number of carbonyl (C=O) groups is 1. The van der Waals surface area contributed by atoms with Crippen LogP contribution in [-0.2, 0) is 0 Å². The van der Waals surface area contributed by atoms with Gasteiger partial charge < -0.3 is 19.7 Å². The summed E-state index contributed by atoms with van der Waals surface area (Å²) in [4.78, 5) is 20.2. The van der Waals surface area contributed by atoms with E-state index in [9.17, 15) is 4.79 Å². The van der Waals surface area contributed by atoms with Crippen molar-refractivity contribution in [3.05, 3.63) is 59.1 Å². The lowest BCUT2D eigenvalue weighted by atomic mass is 10.1. The molecule has 184 valence electrons.